The molecule has 1 saturated heterocycles. The number of hydrogen-bond donors (Lipinski definition) is 1. The summed E-state index contributed by atoms with van der Waals surface area (Å²) in [5, 5.41) is 0. The first kappa shape index (κ1) is 12.2. The maximum Gasteiger partial charge on any atom is 0.0950 e. The summed E-state index contributed by atoms with van der Waals surface area (Å²) >= 11 is 0. The normalized spacial score (nSPS) is 30.9. The van der Waals surface area contributed by atoms with Gasteiger partial charge in [0.25, 0.3) is 0 Å². The number of nitrogens with zero attached hydrogens (tertiary/aromatic N) is 1. The fourth-order valence-electron chi connectivity index (χ4n) is 3.87. The SMILES string of the molecule is NCC(c1ccoc1)N1CCC2CCCCC2C1. The number of hydrogen-bond acceptors (Lipinski definition) is 3. The summed E-state index contributed by atoms with van der Waals surface area (Å²) in [6.45, 7) is 3.13. The number of likely N-dealkylation sites (tertiary alicyclic amines) is 1. The maximum absolute atomic E-state index is 5.98. The third-order valence-electron chi connectivity index (χ3n) is 4.91. The smallest absolute Gasteiger partial charge is 0.0950 e. The van der Waals surface area contributed by atoms with Crippen molar-refractivity contribution in [2.24, 2.45) is 17.6 Å². The Morgan fingerprint density at radius 2 is 2.11 bits per heavy atom. The Labute approximate surface area is 109 Å². The van der Waals surface area contributed by atoms with Gasteiger partial charge >= 0.3 is 0 Å². The third kappa shape index (κ3) is 2.34. The van der Waals surface area contributed by atoms with Crippen molar-refractivity contribution in [1.82, 2.24) is 4.90 Å². The van der Waals surface area contributed by atoms with E-state index < -0.39 is 0 Å². The van der Waals surface area contributed by atoms with Gasteiger partial charge in [-0.05, 0) is 37.3 Å². The van der Waals surface area contributed by atoms with E-state index in [2.05, 4.69) is 11.0 Å². The topological polar surface area (TPSA) is 42.4 Å². The molecule has 3 nitrogen and oxygen atoms in total. The van der Waals surface area contributed by atoms with Crippen LogP contribution in [0.4, 0.5) is 0 Å². The summed E-state index contributed by atoms with van der Waals surface area (Å²) in [6, 6.07) is 2.41. The van der Waals surface area contributed by atoms with Gasteiger partial charge in [-0.15, -0.1) is 0 Å². The van der Waals surface area contributed by atoms with Crippen LogP contribution in [0.3, 0.4) is 0 Å². The Bertz CT molecular complexity index is 363. The highest BCUT2D eigenvalue weighted by molar-refractivity contribution is 5.12. The van der Waals surface area contributed by atoms with E-state index in [1.807, 2.05) is 6.26 Å². The predicted octanol–water partition coefficient (Wildman–Crippen LogP) is 2.79. The Morgan fingerprint density at radius 1 is 1.28 bits per heavy atom. The van der Waals surface area contributed by atoms with Gasteiger partial charge in [-0.3, -0.25) is 4.90 Å². The zero-order valence-electron chi connectivity index (χ0n) is 11.1. The molecule has 0 amide bonds. The van der Waals surface area contributed by atoms with Crippen LogP contribution < -0.4 is 5.73 Å². The monoisotopic (exact) mass is 248 g/mol. The minimum atomic E-state index is 0.353. The standard InChI is InChI=1S/C15H24N2O/c16-9-15(14-6-8-18-11-14)17-7-5-12-3-1-2-4-13(12)10-17/h6,8,11-13,15H,1-5,7,9-10,16H2. The van der Waals surface area contributed by atoms with E-state index >= 15 is 0 Å². The highest BCUT2D eigenvalue weighted by Crippen LogP contribution is 2.38. The van der Waals surface area contributed by atoms with Crippen molar-refractivity contribution in [2.75, 3.05) is 19.6 Å². The Balaban J connectivity index is 1.69. The molecule has 100 valence electrons. The zero-order valence-corrected chi connectivity index (χ0v) is 11.1. The molecule has 2 N–H and O–H groups in total. The molecule has 2 aliphatic rings. The second-order valence-corrected chi connectivity index (χ2v) is 5.90. The Kier molecular flexibility index (Phi) is 3.71. The minimum Gasteiger partial charge on any atom is -0.472 e. The zero-order chi connectivity index (χ0) is 12.4. The molecule has 1 saturated carbocycles. The van der Waals surface area contributed by atoms with Crippen LogP contribution in [0.25, 0.3) is 0 Å². The van der Waals surface area contributed by atoms with Crippen molar-refractivity contribution in [3.63, 3.8) is 0 Å². The van der Waals surface area contributed by atoms with Gasteiger partial charge in [0, 0.05) is 18.7 Å². The molecule has 2 heterocycles. The van der Waals surface area contributed by atoms with Crippen LogP contribution in [0.1, 0.15) is 43.7 Å². The Morgan fingerprint density at radius 3 is 2.83 bits per heavy atom. The van der Waals surface area contributed by atoms with Gasteiger partial charge in [0.2, 0.25) is 0 Å². The number of piperidine rings is 1. The number of furan rings is 1. The van der Waals surface area contributed by atoms with Gasteiger partial charge < -0.3 is 10.2 Å². The van der Waals surface area contributed by atoms with Gasteiger partial charge in [-0.25, -0.2) is 0 Å². The van der Waals surface area contributed by atoms with Crippen molar-refractivity contribution in [2.45, 2.75) is 38.1 Å². The average molecular weight is 248 g/mol. The fraction of sp³-hybridized carbons (Fsp3) is 0.733. The molecule has 2 fully saturated rings. The van der Waals surface area contributed by atoms with E-state index in [9.17, 15) is 0 Å². The summed E-state index contributed by atoms with van der Waals surface area (Å²) in [4.78, 5) is 2.58. The molecule has 1 aliphatic heterocycles. The van der Waals surface area contributed by atoms with Crippen LogP contribution in [0.5, 0.6) is 0 Å². The summed E-state index contributed by atoms with van der Waals surface area (Å²) in [7, 11) is 0. The lowest BCUT2D eigenvalue weighted by atomic mass is 9.74. The average Bonchev–Trinajstić information content (AvgIpc) is 2.93. The lowest BCUT2D eigenvalue weighted by Crippen LogP contribution is -2.45. The largest absolute Gasteiger partial charge is 0.472 e. The molecule has 18 heavy (non-hydrogen) atoms. The van der Waals surface area contributed by atoms with Crippen LogP contribution in [-0.2, 0) is 0 Å². The number of nitrogens with two attached hydrogens (primary N) is 1. The lowest BCUT2D eigenvalue weighted by molar-refractivity contribution is 0.0584. The van der Waals surface area contributed by atoms with Gasteiger partial charge in [0.05, 0.1) is 18.6 Å². The summed E-state index contributed by atoms with van der Waals surface area (Å²) in [6.07, 6.45) is 10.7. The molecule has 0 aromatic carbocycles. The second kappa shape index (κ2) is 5.45. The van der Waals surface area contributed by atoms with E-state index in [0.717, 1.165) is 11.8 Å². The van der Waals surface area contributed by atoms with Crippen molar-refractivity contribution in [3.05, 3.63) is 24.2 Å². The van der Waals surface area contributed by atoms with Crippen molar-refractivity contribution in [3.8, 4) is 0 Å². The number of rotatable bonds is 3. The molecule has 3 unspecified atom stereocenters. The predicted molar refractivity (Wildman–Crippen MR) is 72.1 cm³/mol. The second-order valence-electron chi connectivity index (χ2n) is 5.90. The lowest BCUT2D eigenvalue weighted by Gasteiger charge is -2.44. The molecule has 3 rings (SSSR count). The van der Waals surface area contributed by atoms with Crippen LogP contribution in [0, 0.1) is 11.8 Å². The van der Waals surface area contributed by atoms with E-state index in [1.54, 1.807) is 6.26 Å². The maximum atomic E-state index is 5.98. The molecule has 1 aromatic rings. The molecule has 1 aromatic heterocycles. The molecule has 0 bridgehead atoms. The summed E-state index contributed by atoms with van der Waals surface area (Å²) in [5.41, 5.74) is 7.22. The van der Waals surface area contributed by atoms with Crippen LogP contribution in [0.15, 0.2) is 23.0 Å². The minimum absolute atomic E-state index is 0.353. The van der Waals surface area contributed by atoms with Gasteiger partial charge in [0.15, 0.2) is 0 Å². The third-order valence-corrected chi connectivity index (χ3v) is 4.91. The van der Waals surface area contributed by atoms with Crippen LogP contribution in [0.2, 0.25) is 0 Å². The van der Waals surface area contributed by atoms with E-state index in [-0.39, 0.29) is 0 Å². The van der Waals surface area contributed by atoms with E-state index in [0.29, 0.717) is 12.6 Å². The Hall–Kier alpha value is -0.800. The molecule has 3 heteroatoms. The van der Waals surface area contributed by atoms with Crippen molar-refractivity contribution >= 4 is 0 Å². The molecular weight excluding hydrogens is 224 g/mol. The first-order valence-corrected chi connectivity index (χ1v) is 7.34. The molecule has 3 atom stereocenters. The highest BCUT2D eigenvalue weighted by Gasteiger charge is 2.33. The van der Waals surface area contributed by atoms with E-state index in [4.69, 9.17) is 10.2 Å². The van der Waals surface area contributed by atoms with E-state index in [1.165, 1.54) is 50.8 Å². The molecular formula is C15H24N2O. The quantitative estimate of drug-likeness (QED) is 0.894. The van der Waals surface area contributed by atoms with Gasteiger partial charge in [-0.1, -0.05) is 19.3 Å². The summed E-state index contributed by atoms with van der Waals surface area (Å²) in [5.74, 6) is 1.89. The van der Waals surface area contributed by atoms with Crippen molar-refractivity contribution in [1.29, 1.82) is 0 Å². The molecule has 0 radical (unpaired) electrons. The van der Waals surface area contributed by atoms with Crippen molar-refractivity contribution < 1.29 is 4.42 Å². The van der Waals surface area contributed by atoms with Gasteiger partial charge in [0.1, 0.15) is 0 Å². The molecule has 0 spiro atoms. The number of fused-ring (bicyclic) bond motifs is 1. The fourth-order valence-corrected chi connectivity index (χ4v) is 3.87. The summed E-state index contributed by atoms with van der Waals surface area (Å²) < 4.78 is 5.21. The molecule has 1 aliphatic carbocycles. The van der Waals surface area contributed by atoms with Crippen LogP contribution in [-0.4, -0.2) is 24.5 Å². The first-order chi connectivity index (χ1) is 8.88. The van der Waals surface area contributed by atoms with Crippen LogP contribution >= 0.6 is 0 Å². The van der Waals surface area contributed by atoms with Gasteiger partial charge in [-0.2, -0.15) is 0 Å². The highest BCUT2D eigenvalue weighted by atomic mass is 16.3. The first-order valence-electron chi connectivity index (χ1n) is 7.34.